The second-order valence-corrected chi connectivity index (χ2v) is 7.15. The van der Waals surface area contributed by atoms with Crippen LogP contribution in [0, 0.1) is 0 Å². The van der Waals surface area contributed by atoms with Crippen LogP contribution >= 0.6 is 0 Å². The Morgan fingerprint density at radius 1 is 0.812 bits per heavy atom. The summed E-state index contributed by atoms with van der Waals surface area (Å²) in [5, 5.41) is 2.91. The van der Waals surface area contributed by atoms with Crippen LogP contribution in [0.15, 0.2) is 66.7 Å². The number of likely N-dealkylation sites (N-methyl/N-ethyl adjacent to an activating group) is 1. The van der Waals surface area contributed by atoms with Crippen molar-refractivity contribution in [1.29, 1.82) is 0 Å². The fraction of sp³-hybridized carbons (Fsp3) is 0.240. The van der Waals surface area contributed by atoms with E-state index in [1.807, 2.05) is 78.7 Å². The Morgan fingerprint density at radius 3 is 2.09 bits per heavy atom. The Kier molecular flexibility index (Phi) is 7.94. The second-order valence-electron chi connectivity index (χ2n) is 7.15. The van der Waals surface area contributed by atoms with Crippen LogP contribution in [0.5, 0.6) is 28.7 Å². The fourth-order valence-electron chi connectivity index (χ4n) is 3.31. The number of carbonyl (C=O) groups excluding carboxylic acids is 1. The zero-order valence-corrected chi connectivity index (χ0v) is 18.8. The van der Waals surface area contributed by atoms with Gasteiger partial charge >= 0.3 is 0 Å². The number of rotatable bonds is 10. The number of methoxy groups -OCH3 is 3. The molecule has 0 aliphatic rings. The molecule has 0 atom stereocenters. The minimum atomic E-state index is -0.122. The van der Waals surface area contributed by atoms with Gasteiger partial charge in [0.1, 0.15) is 11.5 Å². The van der Waals surface area contributed by atoms with Gasteiger partial charge in [-0.1, -0.05) is 24.3 Å². The second kappa shape index (κ2) is 11.1. The maximum atomic E-state index is 12.5. The first-order valence-electron chi connectivity index (χ1n) is 10.1. The largest absolute Gasteiger partial charge is 0.493 e. The summed E-state index contributed by atoms with van der Waals surface area (Å²) in [5.74, 6) is 3.05. The van der Waals surface area contributed by atoms with Crippen molar-refractivity contribution in [2.45, 2.75) is 6.54 Å². The first kappa shape index (κ1) is 23.0. The van der Waals surface area contributed by atoms with Crippen LogP contribution in [-0.2, 0) is 11.3 Å². The van der Waals surface area contributed by atoms with Gasteiger partial charge in [-0.25, -0.2) is 0 Å². The highest BCUT2D eigenvalue weighted by atomic mass is 16.5. The van der Waals surface area contributed by atoms with E-state index in [0.29, 0.717) is 35.2 Å². The third kappa shape index (κ3) is 5.92. The molecule has 0 aliphatic heterocycles. The molecule has 0 saturated heterocycles. The van der Waals surface area contributed by atoms with Crippen molar-refractivity contribution in [2.24, 2.45) is 0 Å². The molecule has 7 nitrogen and oxygen atoms in total. The van der Waals surface area contributed by atoms with E-state index in [2.05, 4.69) is 5.32 Å². The summed E-state index contributed by atoms with van der Waals surface area (Å²) >= 11 is 0. The predicted molar refractivity (Wildman–Crippen MR) is 124 cm³/mol. The van der Waals surface area contributed by atoms with Crippen molar-refractivity contribution in [1.82, 2.24) is 4.90 Å². The third-order valence-electron chi connectivity index (χ3n) is 4.76. The molecule has 32 heavy (non-hydrogen) atoms. The quantitative estimate of drug-likeness (QED) is 0.502. The molecule has 0 aromatic heterocycles. The highest BCUT2D eigenvalue weighted by molar-refractivity contribution is 5.92. The molecule has 1 amide bonds. The van der Waals surface area contributed by atoms with E-state index in [9.17, 15) is 4.79 Å². The van der Waals surface area contributed by atoms with Crippen molar-refractivity contribution in [2.75, 3.05) is 40.2 Å². The lowest BCUT2D eigenvalue weighted by Gasteiger charge is -2.20. The first-order valence-corrected chi connectivity index (χ1v) is 10.1. The van der Waals surface area contributed by atoms with Gasteiger partial charge in [-0.05, 0) is 49.5 Å². The van der Waals surface area contributed by atoms with E-state index >= 15 is 0 Å². The van der Waals surface area contributed by atoms with Gasteiger partial charge in [-0.15, -0.1) is 0 Å². The standard InChI is InChI=1S/C25H28N2O5/c1-27(16-18-10-15-22(29-2)25(31-4)24(18)30-3)17-23(28)26-19-11-13-21(14-12-19)32-20-8-6-5-7-9-20/h5-15H,16-17H2,1-4H3,(H,26,28). The number of benzene rings is 3. The highest BCUT2D eigenvalue weighted by Gasteiger charge is 2.17. The number of carbonyl (C=O) groups is 1. The summed E-state index contributed by atoms with van der Waals surface area (Å²) in [6.07, 6.45) is 0. The van der Waals surface area contributed by atoms with E-state index in [4.69, 9.17) is 18.9 Å². The van der Waals surface area contributed by atoms with Crippen molar-refractivity contribution >= 4 is 11.6 Å². The molecule has 168 valence electrons. The molecule has 3 rings (SSSR count). The number of hydrogen-bond donors (Lipinski definition) is 1. The smallest absolute Gasteiger partial charge is 0.238 e. The zero-order chi connectivity index (χ0) is 22.9. The molecule has 0 aliphatic carbocycles. The minimum Gasteiger partial charge on any atom is -0.493 e. The van der Waals surface area contributed by atoms with Crippen LogP contribution in [0.1, 0.15) is 5.56 Å². The lowest BCUT2D eigenvalue weighted by atomic mass is 10.1. The van der Waals surface area contributed by atoms with E-state index in [1.165, 1.54) is 0 Å². The molecule has 0 unspecified atom stereocenters. The summed E-state index contributed by atoms with van der Waals surface area (Å²) in [6.45, 7) is 0.709. The summed E-state index contributed by atoms with van der Waals surface area (Å²) in [6, 6.07) is 20.5. The van der Waals surface area contributed by atoms with E-state index in [-0.39, 0.29) is 12.5 Å². The molecule has 7 heteroatoms. The lowest BCUT2D eigenvalue weighted by Crippen LogP contribution is -2.30. The number of nitrogens with one attached hydrogen (secondary N) is 1. The molecule has 0 saturated carbocycles. The Morgan fingerprint density at radius 2 is 1.47 bits per heavy atom. The van der Waals surface area contributed by atoms with Gasteiger partial charge in [0.2, 0.25) is 11.7 Å². The number of amides is 1. The summed E-state index contributed by atoms with van der Waals surface area (Å²) in [5.41, 5.74) is 1.59. The Balaban J connectivity index is 1.57. The van der Waals surface area contributed by atoms with E-state index in [1.54, 1.807) is 21.3 Å². The summed E-state index contributed by atoms with van der Waals surface area (Å²) in [4.78, 5) is 14.4. The zero-order valence-electron chi connectivity index (χ0n) is 18.8. The number of hydrogen-bond acceptors (Lipinski definition) is 6. The maximum absolute atomic E-state index is 12.5. The van der Waals surface area contributed by atoms with Gasteiger partial charge in [0.25, 0.3) is 0 Å². The molecule has 0 fully saturated rings. The third-order valence-corrected chi connectivity index (χ3v) is 4.76. The molecular weight excluding hydrogens is 408 g/mol. The van der Waals surface area contributed by atoms with Crippen molar-refractivity contribution in [3.05, 3.63) is 72.3 Å². The van der Waals surface area contributed by atoms with Crippen LogP contribution in [0.4, 0.5) is 5.69 Å². The monoisotopic (exact) mass is 436 g/mol. The topological polar surface area (TPSA) is 69.3 Å². The molecule has 0 bridgehead atoms. The predicted octanol–water partition coefficient (Wildman–Crippen LogP) is 4.58. The molecule has 3 aromatic carbocycles. The Hall–Kier alpha value is -3.71. The van der Waals surface area contributed by atoms with Gasteiger partial charge < -0.3 is 24.3 Å². The molecule has 0 radical (unpaired) electrons. The van der Waals surface area contributed by atoms with Crippen LogP contribution in [0.25, 0.3) is 0 Å². The van der Waals surface area contributed by atoms with Crippen molar-refractivity contribution < 1.29 is 23.7 Å². The first-order chi connectivity index (χ1) is 15.5. The van der Waals surface area contributed by atoms with Crippen LogP contribution < -0.4 is 24.3 Å². The summed E-state index contributed by atoms with van der Waals surface area (Å²) in [7, 11) is 6.59. The van der Waals surface area contributed by atoms with Crippen molar-refractivity contribution in [3.63, 3.8) is 0 Å². The number of anilines is 1. The molecule has 3 aromatic rings. The average molecular weight is 437 g/mol. The summed E-state index contributed by atoms with van der Waals surface area (Å²) < 4.78 is 22.0. The van der Waals surface area contributed by atoms with Gasteiger partial charge in [-0.3, -0.25) is 9.69 Å². The molecule has 0 spiro atoms. The Labute approximate surface area is 188 Å². The van der Waals surface area contributed by atoms with Gasteiger partial charge in [0, 0.05) is 17.8 Å². The number of nitrogens with zero attached hydrogens (tertiary/aromatic N) is 1. The van der Waals surface area contributed by atoms with E-state index < -0.39 is 0 Å². The Bertz CT molecular complexity index is 1020. The number of ether oxygens (including phenoxy) is 4. The molecule has 0 heterocycles. The average Bonchev–Trinajstić information content (AvgIpc) is 2.80. The van der Waals surface area contributed by atoms with Gasteiger partial charge in [0.15, 0.2) is 11.5 Å². The lowest BCUT2D eigenvalue weighted by molar-refractivity contribution is -0.117. The molecule has 1 N–H and O–H groups in total. The molecular formula is C25H28N2O5. The minimum absolute atomic E-state index is 0.122. The van der Waals surface area contributed by atoms with Gasteiger partial charge in [0.05, 0.1) is 27.9 Å². The normalized spacial score (nSPS) is 10.5. The van der Waals surface area contributed by atoms with E-state index in [0.717, 1.165) is 11.3 Å². The van der Waals surface area contributed by atoms with Gasteiger partial charge in [-0.2, -0.15) is 0 Å². The van der Waals surface area contributed by atoms with Crippen LogP contribution in [-0.4, -0.2) is 45.7 Å². The van der Waals surface area contributed by atoms with Crippen molar-refractivity contribution in [3.8, 4) is 28.7 Å². The number of para-hydroxylation sites is 1. The van der Waals surface area contributed by atoms with Crippen LogP contribution in [0.3, 0.4) is 0 Å². The maximum Gasteiger partial charge on any atom is 0.238 e. The highest BCUT2D eigenvalue weighted by Crippen LogP contribution is 2.40. The van der Waals surface area contributed by atoms with Crippen LogP contribution in [0.2, 0.25) is 0 Å². The SMILES string of the molecule is COc1ccc(CN(C)CC(=O)Nc2ccc(Oc3ccccc3)cc2)c(OC)c1OC. The fourth-order valence-corrected chi connectivity index (χ4v) is 3.31.